The fourth-order valence-electron chi connectivity index (χ4n) is 3.51. The lowest BCUT2D eigenvalue weighted by Gasteiger charge is -2.33. The molecule has 1 aliphatic rings. The molecule has 0 bridgehead atoms. The van der Waals surface area contributed by atoms with E-state index in [9.17, 15) is 4.79 Å². The van der Waals surface area contributed by atoms with Crippen molar-refractivity contribution >= 4 is 17.5 Å². The van der Waals surface area contributed by atoms with Gasteiger partial charge in [-0.05, 0) is 43.5 Å². The summed E-state index contributed by atoms with van der Waals surface area (Å²) in [6.07, 6.45) is 5.50. The van der Waals surface area contributed by atoms with Gasteiger partial charge in [0.15, 0.2) is 5.82 Å². The number of anilines is 2. The maximum absolute atomic E-state index is 12.4. The lowest BCUT2D eigenvalue weighted by atomic mass is 10.1. The maximum Gasteiger partial charge on any atom is 0.319 e. The Bertz CT molecular complexity index is 939. The number of nitrogens with zero attached hydrogens (tertiary/aromatic N) is 3. The molecular weight excluding hydrogens is 352 g/mol. The minimum absolute atomic E-state index is 0.0823. The normalized spacial score (nSPS) is 16.6. The standard InChI is InChI=1S/C21H24N6O/c1-15-5-2-3-7-18(15)24-21(28)23-17-6-4-12-27(14-17)20-13-19(25-26-20)16-8-10-22-11-9-16/h2-3,5,7-11,13,17H,4,6,12,14H2,1H3,(H,25,26)(H2,23,24,28). The van der Waals surface area contributed by atoms with E-state index in [-0.39, 0.29) is 12.1 Å². The van der Waals surface area contributed by atoms with Gasteiger partial charge in [0.25, 0.3) is 0 Å². The Morgan fingerprint density at radius 2 is 2.04 bits per heavy atom. The van der Waals surface area contributed by atoms with Crippen LogP contribution in [-0.4, -0.2) is 40.3 Å². The van der Waals surface area contributed by atoms with Gasteiger partial charge in [-0.1, -0.05) is 18.2 Å². The third-order valence-corrected chi connectivity index (χ3v) is 5.03. The number of H-pyrrole nitrogens is 1. The van der Waals surface area contributed by atoms with Gasteiger partial charge < -0.3 is 15.5 Å². The summed E-state index contributed by atoms with van der Waals surface area (Å²) >= 11 is 0. The smallest absolute Gasteiger partial charge is 0.319 e. The average molecular weight is 376 g/mol. The van der Waals surface area contributed by atoms with E-state index >= 15 is 0 Å². The predicted octanol–water partition coefficient (Wildman–Crippen LogP) is 3.57. The Morgan fingerprint density at radius 1 is 1.21 bits per heavy atom. The number of aromatic amines is 1. The molecule has 3 N–H and O–H groups in total. The van der Waals surface area contributed by atoms with Crippen molar-refractivity contribution in [1.29, 1.82) is 0 Å². The van der Waals surface area contributed by atoms with E-state index in [4.69, 9.17) is 0 Å². The fourth-order valence-corrected chi connectivity index (χ4v) is 3.51. The molecule has 7 heteroatoms. The summed E-state index contributed by atoms with van der Waals surface area (Å²) in [4.78, 5) is 18.7. The molecule has 0 aliphatic carbocycles. The quantitative estimate of drug-likeness (QED) is 0.650. The highest BCUT2D eigenvalue weighted by Gasteiger charge is 2.23. The SMILES string of the molecule is Cc1ccccc1NC(=O)NC1CCCN(c2cc(-c3ccncc3)[nH]n2)C1. The lowest BCUT2D eigenvalue weighted by molar-refractivity contribution is 0.246. The van der Waals surface area contributed by atoms with E-state index in [1.165, 1.54) is 0 Å². The van der Waals surface area contributed by atoms with Crippen LogP contribution in [0.25, 0.3) is 11.3 Å². The molecule has 144 valence electrons. The van der Waals surface area contributed by atoms with Gasteiger partial charge in [0.05, 0.1) is 5.69 Å². The van der Waals surface area contributed by atoms with Gasteiger partial charge in [-0.2, -0.15) is 5.10 Å². The van der Waals surface area contributed by atoms with E-state index in [0.717, 1.165) is 54.3 Å². The van der Waals surface area contributed by atoms with Crippen molar-refractivity contribution < 1.29 is 4.79 Å². The zero-order valence-corrected chi connectivity index (χ0v) is 15.9. The van der Waals surface area contributed by atoms with Crippen molar-refractivity contribution in [3.63, 3.8) is 0 Å². The van der Waals surface area contributed by atoms with Gasteiger partial charge in [-0.3, -0.25) is 10.1 Å². The minimum atomic E-state index is -0.166. The number of hydrogen-bond donors (Lipinski definition) is 3. The third kappa shape index (κ3) is 4.14. The minimum Gasteiger partial charge on any atom is -0.353 e. The molecular formula is C21H24N6O. The van der Waals surface area contributed by atoms with Gasteiger partial charge in [0, 0.05) is 48.8 Å². The van der Waals surface area contributed by atoms with Gasteiger partial charge >= 0.3 is 6.03 Å². The highest BCUT2D eigenvalue weighted by molar-refractivity contribution is 5.90. The van der Waals surface area contributed by atoms with E-state index in [0.29, 0.717) is 0 Å². The molecule has 2 aromatic heterocycles. The van der Waals surface area contributed by atoms with Crippen LogP contribution in [0.1, 0.15) is 18.4 Å². The second-order valence-corrected chi connectivity index (χ2v) is 7.07. The van der Waals surface area contributed by atoms with E-state index in [2.05, 4.69) is 30.7 Å². The highest BCUT2D eigenvalue weighted by Crippen LogP contribution is 2.24. The zero-order valence-electron chi connectivity index (χ0n) is 15.9. The van der Waals surface area contributed by atoms with Crippen LogP contribution in [0.4, 0.5) is 16.3 Å². The Kier molecular flexibility index (Phi) is 5.23. The molecule has 0 radical (unpaired) electrons. The number of rotatable bonds is 4. The molecule has 1 fully saturated rings. The molecule has 3 heterocycles. The summed E-state index contributed by atoms with van der Waals surface area (Å²) in [5.74, 6) is 0.901. The van der Waals surface area contributed by atoms with Crippen LogP contribution >= 0.6 is 0 Å². The van der Waals surface area contributed by atoms with Crippen LogP contribution < -0.4 is 15.5 Å². The van der Waals surface area contributed by atoms with Crippen LogP contribution in [0.15, 0.2) is 54.9 Å². The summed E-state index contributed by atoms with van der Waals surface area (Å²) in [6, 6.07) is 13.6. The summed E-state index contributed by atoms with van der Waals surface area (Å²) in [7, 11) is 0. The molecule has 7 nitrogen and oxygen atoms in total. The predicted molar refractivity (Wildman–Crippen MR) is 110 cm³/mol. The Labute approximate surface area is 164 Å². The fraction of sp³-hybridized carbons (Fsp3) is 0.286. The van der Waals surface area contributed by atoms with Crippen molar-refractivity contribution in [1.82, 2.24) is 20.5 Å². The first-order valence-electron chi connectivity index (χ1n) is 9.53. The van der Waals surface area contributed by atoms with Crippen LogP contribution in [0.5, 0.6) is 0 Å². The Morgan fingerprint density at radius 3 is 2.86 bits per heavy atom. The molecule has 28 heavy (non-hydrogen) atoms. The number of nitrogens with one attached hydrogen (secondary N) is 3. The van der Waals surface area contributed by atoms with Crippen molar-refractivity contribution in [2.45, 2.75) is 25.8 Å². The molecule has 1 atom stereocenters. The second-order valence-electron chi connectivity index (χ2n) is 7.07. The summed E-state index contributed by atoms with van der Waals surface area (Å²) in [5, 5.41) is 13.6. The van der Waals surface area contributed by atoms with Gasteiger partial charge in [0.2, 0.25) is 0 Å². The number of pyridine rings is 1. The molecule has 1 aliphatic heterocycles. The van der Waals surface area contributed by atoms with E-state index in [1.54, 1.807) is 12.4 Å². The summed E-state index contributed by atoms with van der Waals surface area (Å²) in [6.45, 7) is 3.65. The first-order chi connectivity index (χ1) is 13.7. The largest absolute Gasteiger partial charge is 0.353 e. The zero-order chi connectivity index (χ0) is 19.3. The molecule has 0 saturated carbocycles. The van der Waals surface area contributed by atoms with Crippen LogP contribution in [0.3, 0.4) is 0 Å². The first kappa shape index (κ1) is 18.0. The van der Waals surface area contributed by atoms with E-state index in [1.807, 2.05) is 49.4 Å². The number of carbonyl (C=O) groups excluding carboxylic acids is 1. The third-order valence-electron chi connectivity index (χ3n) is 5.03. The number of benzene rings is 1. The van der Waals surface area contributed by atoms with Crippen LogP contribution in [0, 0.1) is 6.92 Å². The molecule has 4 rings (SSSR count). The topological polar surface area (TPSA) is 85.9 Å². The Balaban J connectivity index is 1.37. The number of aryl methyl sites for hydroxylation is 1. The van der Waals surface area contributed by atoms with Gasteiger partial charge in [0.1, 0.15) is 0 Å². The van der Waals surface area contributed by atoms with Gasteiger partial charge in [-0.15, -0.1) is 0 Å². The monoisotopic (exact) mass is 376 g/mol. The molecule has 2 amide bonds. The Hall–Kier alpha value is -3.35. The molecule has 0 spiro atoms. The lowest BCUT2D eigenvalue weighted by Crippen LogP contribution is -2.49. The molecule has 1 unspecified atom stereocenters. The summed E-state index contributed by atoms with van der Waals surface area (Å²) < 4.78 is 0. The van der Waals surface area contributed by atoms with Crippen LogP contribution in [-0.2, 0) is 0 Å². The van der Waals surface area contributed by atoms with Crippen LogP contribution in [0.2, 0.25) is 0 Å². The highest BCUT2D eigenvalue weighted by atomic mass is 16.2. The first-order valence-corrected chi connectivity index (χ1v) is 9.53. The molecule has 1 aromatic carbocycles. The van der Waals surface area contributed by atoms with Crippen molar-refractivity contribution in [2.75, 3.05) is 23.3 Å². The number of carbonyl (C=O) groups is 1. The number of piperidine rings is 1. The number of aromatic nitrogens is 3. The van der Waals surface area contributed by atoms with E-state index < -0.39 is 0 Å². The second kappa shape index (κ2) is 8.12. The average Bonchev–Trinajstić information content (AvgIpc) is 3.21. The number of amides is 2. The van der Waals surface area contributed by atoms with Crippen molar-refractivity contribution in [3.8, 4) is 11.3 Å². The van der Waals surface area contributed by atoms with Crippen molar-refractivity contribution in [3.05, 3.63) is 60.4 Å². The number of para-hydroxylation sites is 1. The van der Waals surface area contributed by atoms with Crippen molar-refractivity contribution in [2.24, 2.45) is 0 Å². The number of hydrogen-bond acceptors (Lipinski definition) is 4. The molecule has 1 saturated heterocycles. The number of urea groups is 1. The summed E-state index contributed by atoms with van der Waals surface area (Å²) in [5.41, 5.74) is 3.90. The molecule has 3 aromatic rings. The van der Waals surface area contributed by atoms with Gasteiger partial charge in [-0.25, -0.2) is 4.79 Å². The maximum atomic E-state index is 12.4.